The van der Waals surface area contributed by atoms with Crippen molar-refractivity contribution in [3.8, 4) is 5.75 Å². The molecule has 2 N–H and O–H groups in total. The lowest BCUT2D eigenvalue weighted by Gasteiger charge is -2.43. The first-order valence-corrected chi connectivity index (χ1v) is 11.8. The third-order valence-electron chi connectivity index (χ3n) is 6.82. The number of carbonyl (C=O) groups is 1. The van der Waals surface area contributed by atoms with Gasteiger partial charge in [-0.25, -0.2) is 0 Å². The molecule has 6 nitrogen and oxygen atoms in total. The van der Waals surface area contributed by atoms with Crippen molar-refractivity contribution in [3.63, 3.8) is 0 Å². The fourth-order valence-corrected chi connectivity index (χ4v) is 6.11. The van der Waals surface area contributed by atoms with Crippen molar-refractivity contribution in [1.29, 1.82) is 0 Å². The normalized spacial score (nSPS) is 21.1. The first-order chi connectivity index (χ1) is 13.8. The highest BCUT2D eigenvalue weighted by molar-refractivity contribution is 7.99. The van der Waals surface area contributed by atoms with Crippen LogP contribution in [0, 0.1) is 6.92 Å². The van der Waals surface area contributed by atoms with Crippen molar-refractivity contribution in [1.82, 2.24) is 10.2 Å². The zero-order chi connectivity index (χ0) is 21.1. The van der Waals surface area contributed by atoms with E-state index in [-0.39, 0.29) is 29.4 Å². The minimum absolute atomic E-state index is 0.0154. The highest BCUT2D eigenvalue weighted by atomic mass is 32.2. The van der Waals surface area contributed by atoms with Gasteiger partial charge in [-0.15, -0.1) is 0 Å². The van der Waals surface area contributed by atoms with Crippen LogP contribution in [0.2, 0.25) is 0 Å². The summed E-state index contributed by atoms with van der Waals surface area (Å²) in [6.07, 6.45) is 7.49. The van der Waals surface area contributed by atoms with Crippen LogP contribution >= 0.6 is 11.8 Å². The maximum Gasteiger partial charge on any atom is 0.227 e. The predicted molar refractivity (Wildman–Crippen MR) is 117 cm³/mol. The fourth-order valence-electron chi connectivity index (χ4n) is 4.83. The van der Waals surface area contributed by atoms with Gasteiger partial charge >= 0.3 is 0 Å². The van der Waals surface area contributed by atoms with Crippen LogP contribution in [-0.4, -0.2) is 53.6 Å². The first kappa shape index (κ1) is 22.2. The molecule has 0 aromatic carbocycles. The molecule has 0 unspecified atom stereocenters. The van der Waals surface area contributed by atoms with E-state index in [1.807, 2.05) is 11.8 Å². The van der Waals surface area contributed by atoms with Gasteiger partial charge in [0, 0.05) is 30.0 Å². The van der Waals surface area contributed by atoms with Gasteiger partial charge in [0.25, 0.3) is 0 Å². The van der Waals surface area contributed by atoms with Crippen LogP contribution in [0.3, 0.4) is 0 Å². The third-order valence-corrected chi connectivity index (χ3v) is 7.81. The Bertz CT molecular complexity index is 778. The quantitative estimate of drug-likeness (QED) is 0.733. The highest BCUT2D eigenvalue weighted by Crippen LogP contribution is 2.44. The molecule has 1 aliphatic heterocycles. The van der Waals surface area contributed by atoms with E-state index in [0.29, 0.717) is 25.1 Å². The van der Waals surface area contributed by atoms with E-state index in [9.17, 15) is 14.7 Å². The molecule has 1 saturated carbocycles. The van der Waals surface area contributed by atoms with Gasteiger partial charge in [0.15, 0.2) is 5.76 Å². The van der Waals surface area contributed by atoms with Gasteiger partial charge in [0.1, 0.15) is 5.76 Å². The molecule has 2 fully saturated rings. The zero-order valence-electron chi connectivity index (χ0n) is 17.9. The fraction of sp³-hybridized carbons (Fsp3) is 0.727. The van der Waals surface area contributed by atoms with Crippen molar-refractivity contribution in [2.45, 2.75) is 69.2 Å². The van der Waals surface area contributed by atoms with Crippen LogP contribution in [-0.2, 0) is 10.2 Å². The Balaban J connectivity index is 1.79. The molecule has 1 aromatic rings. The van der Waals surface area contributed by atoms with Crippen LogP contribution in [0.15, 0.2) is 15.3 Å². The molecule has 0 radical (unpaired) electrons. The average Bonchev–Trinajstić information content (AvgIpc) is 2.70. The van der Waals surface area contributed by atoms with Crippen LogP contribution in [0.25, 0.3) is 0 Å². The van der Waals surface area contributed by atoms with Gasteiger partial charge in [-0.2, -0.15) is 11.8 Å². The second-order valence-electron chi connectivity index (χ2n) is 8.92. The molecule has 29 heavy (non-hydrogen) atoms. The number of nitrogens with one attached hydrogen (secondary N) is 1. The number of aromatic hydroxyl groups is 1. The Morgan fingerprint density at radius 1 is 1.21 bits per heavy atom. The molecule has 162 valence electrons. The number of rotatable bonds is 6. The molecule has 1 saturated heterocycles. The summed E-state index contributed by atoms with van der Waals surface area (Å²) < 4.78 is 5.84. The lowest BCUT2D eigenvalue weighted by atomic mass is 9.75. The number of hydrogen-bond donors (Lipinski definition) is 2. The van der Waals surface area contributed by atoms with Crippen molar-refractivity contribution < 1.29 is 14.3 Å². The van der Waals surface area contributed by atoms with E-state index in [4.69, 9.17) is 4.42 Å². The summed E-state index contributed by atoms with van der Waals surface area (Å²) in [4.78, 5) is 27.5. The molecule has 0 atom stereocenters. The monoisotopic (exact) mass is 422 g/mol. The van der Waals surface area contributed by atoms with Gasteiger partial charge in [-0.05, 0) is 58.2 Å². The van der Waals surface area contributed by atoms with Gasteiger partial charge in [0.05, 0.1) is 0 Å². The summed E-state index contributed by atoms with van der Waals surface area (Å²) in [5, 5.41) is 13.6. The maximum absolute atomic E-state index is 13.0. The number of hydrogen-bond acceptors (Lipinski definition) is 6. The van der Waals surface area contributed by atoms with E-state index in [1.165, 1.54) is 25.3 Å². The summed E-state index contributed by atoms with van der Waals surface area (Å²) in [5.74, 6) is 2.14. The third kappa shape index (κ3) is 4.82. The van der Waals surface area contributed by atoms with Gasteiger partial charge in [-0.1, -0.05) is 19.3 Å². The minimum Gasteiger partial charge on any atom is -0.502 e. The van der Waals surface area contributed by atoms with Crippen molar-refractivity contribution in [2.75, 3.05) is 32.1 Å². The van der Waals surface area contributed by atoms with E-state index >= 15 is 0 Å². The summed E-state index contributed by atoms with van der Waals surface area (Å²) in [7, 11) is 4.19. The predicted octanol–water partition coefficient (Wildman–Crippen LogP) is 3.19. The number of nitrogens with zero attached hydrogens (tertiary/aromatic N) is 1. The van der Waals surface area contributed by atoms with Crippen LogP contribution < -0.4 is 10.7 Å². The molecule has 1 aliphatic carbocycles. The Hall–Kier alpha value is -1.47. The smallest absolute Gasteiger partial charge is 0.227 e. The Labute approximate surface area is 177 Å². The molecule has 0 spiro atoms. The largest absolute Gasteiger partial charge is 0.502 e. The van der Waals surface area contributed by atoms with E-state index in [0.717, 1.165) is 24.3 Å². The summed E-state index contributed by atoms with van der Waals surface area (Å²) >= 11 is 1.83. The molecule has 0 bridgehead atoms. The SMILES string of the molecule is Cc1cc(=O)c(O)c(C2(CC(=O)NCC3(N(C)C)CCCCC3)CCSCC2)o1. The van der Waals surface area contributed by atoms with Crippen LogP contribution in [0.1, 0.15) is 62.9 Å². The summed E-state index contributed by atoms with van der Waals surface area (Å²) in [6.45, 7) is 2.34. The minimum atomic E-state index is -0.623. The van der Waals surface area contributed by atoms with Gasteiger partial charge in [0.2, 0.25) is 17.1 Å². The zero-order valence-corrected chi connectivity index (χ0v) is 18.7. The second-order valence-corrected chi connectivity index (χ2v) is 10.1. The van der Waals surface area contributed by atoms with Gasteiger partial charge in [-0.3, -0.25) is 9.59 Å². The molecule has 7 heteroatoms. The summed E-state index contributed by atoms with van der Waals surface area (Å²) in [6, 6.07) is 1.30. The standard InChI is InChI=1S/C22H34N2O4S/c1-16-13-17(25)19(27)20(28-16)21(9-11-29-12-10-21)14-18(26)23-15-22(24(2)3)7-5-4-6-8-22/h13,27H,4-12,14-15H2,1-3H3,(H,23,26). The van der Waals surface area contributed by atoms with Crippen LogP contribution in [0.5, 0.6) is 5.75 Å². The topological polar surface area (TPSA) is 82.8 Å². The molecule has 1 aromatic heterocycles. The molecular formula is C22H34N2O4S. The number of amides is 1. The highest BCUT2D eigenvalue weighted by Gasteiger charge is 2.42. The molecule has 2 heterocycles. The molecule has 3 rings (SSSR count). The van der Waals surface area contributed by atoms with E-state index in [2.05, 4.69) is 24.3 Å². The molecule has 1 amide bonds. The van der Waals surface area contributed by atoms with Gasteiger partial charge < -0.3 is 19.7 Å². The molecule has 2 aliphatic rings. The Kier molecular flexibility index (Phi) is 6.99. The summed E-state index contributed by atoms with van der Waals surface area (Å²) in [5.41, 5.74) is -1.04. The first-order valence-electron chi connectivity index (χ1n) is 10.6. The number of thioether (sulfide) groups is 1. The van der Waals surface area contributed by atoms with E-state index < -0.39 is 10.8 Å². The number of likely N-dealkylation sites (N-methyl/N-ethyl adjacent to an activating group) is 1. The maximum atomic E-state index is 13.0. The van der Waals surface area contributed by atoms with E-state index in [1.54, 1.807) is 6.92 Å². The second kappa shape index (κ2) is 9.13. The van der Waals surface area contributed by atoms with Crippen molar-refractivity contribution in [3.05, 3.63) is 27.8 Å². The molecular weight excluding hydrogens is 388 g/mol. The van der Waals surface area contributed by atoms with Crippen molar-refractivity contribution in [2.24, 2.45) is 0 Å². The number of carbonyl (C=O) groups excluding carboxylic acids is 1. The lowest BCUT2D eigenvalue weighted by Crippen LogP contribution is -2.54. The Morgan fingerprint density at radius 3 is 2.48 bits per heavy atom. The Morgan fingerprint density at radius 2 is 1.86 bits per heavy atom. The van der Waals surface area contributed by atoms with Crippen molar-refractivity contribution >= 4 is 17.7 Å². The lowest BCUT2D eigenvalue weighted by molar-refractivity contribution is -0.123. The van der Waals surface area contributed by atoms with Crippen LogP contribution in [0.4, 0.5) is 0 Å². The average molecular weight is 423 g/mol. The number of aryl methyl sites for hydroxylation is 1.